The number of aromatic nitrogens is 2. The number of nitrogens with zero attached hydrogens (tertiary/aromatic N) is 6. The lowest BCUT2D eigenvalue weighted by Gasteiger charge is -2.39. The third-order valence-corrected chi connectivity index (χ3v) is 7.04. The smallest absolute Gasteiger partial charge is 0.328 e. The first kappa shape index (κ1) is 27.4. The molecule has 0 bridgehead atoms. The molecule has 1 fully saturated rings. The number of hydrogen-bond acceptors (Lipinski definition) is 8. The van der Waals surface area contributed by atoms with Gasteiger partial charge in [-0.3, -0.25) is 19.9 Å². The first-order chi connectivity index (χ1) is 18.1. The van der Waals surface area contributed by atoms with E-state index in [1.54, 1.807) is 11.0 Å². The van der Waals surface area contributed by atoms with Crippen molar-refractivity contribution in [2.45, 2.75) is 38.5 Å². The maximum Gasteiger partial charge on any atom is 0.328 e. The molecule has 1 N–H and O–H groups in total. The highest BCUT2D eigenvalue weighted by Crippen LogP contribution is 2.41. The van der Waals surface area contributed by atoms with E-state index in [4.69, 9.17) is 19.7 Å². The topological polar surface area (TPSA) is 124 Å². The van der Waals surface area contributed by atoms with E-state index in [1.165, 1.54) is 19.1 Å². The Morgan fingerprint density at radius 2 is 2.00 bits per heavy atom. The zero-order valence-corrected chi connectivity index (χ0v) is 22.2. The molecule has 1 saturated heterocycles. The second kappa shape index (κ2) is 11.0. The summed E-state index contributed by atoms with van der Waals surface area (Å²) in [6.07, 6.45) is 0.901. The van der Waals surface area contributed by atoms with Crippen LogP contribution in [0, 0.1) is 17.1 Å². The molecule has 2 aliphatic rings. The van der Waals surface area contributed by atoms with E-state index in [2.05, 4.69) is 24.1 Å². The van der Waals surface area contributed by atoms with Crippen molar-refractivity contribution < 1.29 is 23.5 Å². The molecule has 0 saturated carbocycles. The normalized spacial score (nSPS) is 17.4. The molecule has 0 atom stereocenters. The average molecular weight is 526 g/mol. The Bertz CT molecular complexity index is 1270. The molecule has 12 heteroatoms. The van der Waals surface area contributed by atoms with Crippen molar-refractivity contribution in [1.29, 1.82) is 5.26 Å². The number of methoxy groups -OCH3 is 2. The van der Waals surface area contributed by atoms with Gasteiger partial charge in [-0.25, -0.2) is 19.2 Å². The molecule has 0 unspecified atom stereocenters. The number of likely N-dealkylation sites (N-methyl/N-ethyl adjacent to an activating group) is 1. The summed E-state index contributed by atoms with van der Waals surface area (Å²) in [5.41, 5.74) is 1.56. The fourth-order valence-corrected chi connectivity index (χ4v) is 4.70. The third kappa shape index (κ3) is 5.45. The molecular weight excluding hydrogens is 493 g/mol. The number of carbonyl (C=O) groups excluding carboxylic acids is 2. The first-order valence-electron chi connectivity index (χ1n) is 12.3. The molecule has 4 heterocycles. The third-order valence-electron chi connectivity index (χ3n) is 7.04. The number of ether oxygens (including phenoxy) is 2. The maximum atomic E-state index is 14.1. The van der Waals surface area contributed by atoms with Crippen LogP contribution in [0.3, 0.4) is 0 Å². The van der Waals surface area contributed by atoms with E-state index in [9.17, 15) is 14.0 Å². The van der Waals surface area contributed by atoms with Crippen molar-refractivity contribution in [3.05, 3.63) is 46.5 Å². The summed E-state index contributed by atoms with van der Waals surface area (Å²) in [6.45, 7) is 6.54. The summed E-state index contributed by atoms with van der Waals surface area (Å²) in [5, 5.41) is 11.5. The van der Waals surface area contributed by atoms with Gasteiger partial charge >= 0.3 is 6.03 Å². The molecule has 202 valence electrons. The molecule has 2 aromatic rings. The number of pyridine rings is 2. The molecule has 38 heavy (non-hydrogen) atoms. The summed E-state index contributed by atoms with van der Waals surface area (Å²) in [6, 6.07) is 4.16. The quantitative estimate of drug-likeness (QED) is 0.571. The zero-order valence-electron chi connectivity index (χ0n) is 22.2. The van der Waals surface area contributed by atoms with Crippen molar-refractivity contribution in [1.82, 2.24) is 19.8 Å². The first-order valence-corrected chi connectivity index (χ1v) is 12.3. The molecule has 2 aromatic heterocycles. The number of piperazine rings is 1. The molecular formula is C26H32FN7O4. The number of carbonyl (C=O) groups is 2. The van der Waals surface area contributed by atoms with Gasteiger partial charge in [0.1, 0.15) is 34.8 Å². The van der Waals surface area contributed by atoms with Gasteiger partial charge in [0.15, 0.2) is 0 Å². The SMILES string of the molecule is COC(OC)c1nc2c(cc1CN1CCN(C)CC1=O)C(C)(C)CCN2C(=O)Nc1cc(F)c(C#N)cn1. The molecule has 11 nitrogen and oxygen atoms in total. The van der Waals surface area contributed by atoms with Gasteiger partial charge in [0.05, 0.1) is 12.7 Å². The van der Waals surface area contributed by atoms with Gasteiger partial charge in [0.2, 0.25) is 12.2 Å². The highest BCUT2D eigenvalue weighted by atomic mass is 19.1. The summed E-state index contributed by atoms with van der Waals surface area (Å²) >= 11 is 0. The Kier molecular flexibility index (Phi) is 7.91. The Balaban J connectivity index is 1.72. The summed E-state index contributed by atoms with van der Waals surface area (Å²) in [4.78, 5) is 40.1. The second-order valence-electron chi connectivity index (χ2n) is 10.1. The summed E-state index contributed by atoms with van der Waals surface area (Å²) in [7, 11) is 4.91. The Morgan fingerprint density at radius 3 is 2.63 bits per heavy atom. The van der Waals surface area contributed by atoms with E-state index < -0.39 is 18.1 Å². The van der Waals surface area contributed by atoms with Gasteiger partial charge in [-0.2, -0.15) is 5.26 Å². The number of anilines is 2. The minimum Gasteiger partial charge on any atom is -0.350 e. The lowest BCUT2D eigenvalue weighted by Crippen LogP contribution is -2.48. The van der Waals surface area contributed by atoms with Crippen molar-refractivity contribution >= 4 is 23.6 Å². The highest BCUT2D eigenvalue weighted by Gasteiger charge is 2.37. The van der Waals surface area contributed by atoms with E-state index in [-0.39, 0.29) is 22.7 Å². The Labute approximate surface area is 221 Å². The maximum absolute atomic E-state index is 14.1. The average Bonchev–Trinajstić information content (AvgIpc) is 2.87. The van der Waals surface area contributed by atoms with Crippen molar-refractivity contribution in [3.8, 4) is 6.07 Å². The molecule has 0 spiro atoms. The number of hydrogen-bond donors (Lipinski definition) is 1. The van der Waals surface area contributed by atoms with Crippen LogP contribution in [0.1, 0.15) is 48.9 Å². The van der Waals surface area contributed by atoms with Crippen LogP contribution in [-0.4, -0.2) is 79.2 Å². The van der Waals surface area contributed by atoms with Gasteiger partial charge in [0, 0.05) is 52.0 Å². The molecule has 0 aliphatic carbocycles. The summed E-state index contributed by atoms with van der Waals surface area (Å²) in [5.74, 6) is -0.342. The van der Waals surface area contributed by atoms with Gasteiger partial charge in [-0.15, -0.1) is 0 Å². The minimum atomic E-state index is -0.817. The second-order valence-corrected chi connectivity index (χ2v) is 10.1. The molecule has 4 rings (SSSR count). The van der Waals surface area contributed by atoms with Crippen LogP contribution in [0.25, 0.3) is 0 Å². The molecule has 2 aliphatic heterocycles. The Morgan fingerprint density at radius 1 is 1.26 bits per heavy atom. The van der Waals surface area contributed by atoms with E-state index >= 15 is 0 Å². The highest BCUT2D eigenvalue weighted by molar-refractivity contribution is 6.01. The van der Waals surface area contributed by atoms with Crippen molar-refractivity contribution in [3.63, 3.8) is 0 Å². The van der Waals surface area contributed by atoms with E-state index in [0.717, 1.165) is 29.9 Å². The van der Waals surface area contributed by atoms with E-state index in [1.807, 2.05) is 18.0 Å². The molecule has 0 radical (unpaired) electrons. The van der Waals surface area contributed by atoms with Crippen LogP contribution in [0.15, 0.2) is 18.3 Å². The zero-order chi connectivity index (χ0) is 27.6. The Hall–Kier alpha value is -3.66. The molecule has 3 amide bonds. The number of nitriles is 1. The van der Waals surface area contributed by atoms with Gasteiger partial charge < -0.3 is 14.4 Å². The van der Waals surface area contributed by atoms with Crippen molar-refractivity contribution in [2.75, 3.05) is 57.7 Å². The van der Waals surface area contributed by atoms with E-state index in [0.29, 0.717) is 44.1 Å². The largest absolute Gasteiger partial charge is 0.350 e. The lowest BCUT2D eigenvalue weighted by molar-refractivity contribution is -0.136. The fraction of sp³-hybridized carbons (Fsp3) is 0.500. The minimum absolute atomic E-state index is 0.0186. The predicted octanol–water partition coefficient (Wildman–Crippen LogP) is 2.77. The lowest BCUT2D eigenvalue weighted by atomic mass is 9.78. The number of nitrogens with one attached hydrogen (secondary N) is 1. The van der Waals surface area contributed by atoms with Gasteiger partial charge in [0.25, 0.3) is 0 Å². The number of amides is 3. The number of urea groups is 1. The molecule has 0 aromatic carbocycles. The summed E-state index contributed by atoms with van der Waals surface area (Å²) < 4.78 is 25.2. The van der Waals surface area contributed by atoms with Crippen LogP contribution in [0.4, 0.5) is 20.8 Å². The standard InChI is InChI=1S/C26H32FN7O4/c1-26(2)6-7-34(25(36)30-20-11-19(27)17(12-28)13-29-20)23-18(26)10-16(22(31-23)24(37-4)38-5)14-33-9-8-32(3)15-21(33)35/h10-11,13,24H,6-9,14-15H2,1-5H3,(H,29,30,36). The fourth-order valence-electron chi connectivity index (χ4n) is 4.70. The number of rotatable bonds is 6. The number of halogens is 1. The van der Waals surface area contributed by atoms with Crippen LogP contribution in [-0.2, 0) is 26.2 Å². The predicted molar refractivity (Wildman–Crippen MR) is 137 cm³/mol. The van der Waals surface area contributed by atoms with Gasteiger partial charge in [-0.1, -0.05) is 13.8 Å². The number of fused-ring (bicyclic) bond motifs is 1. The van der Waals surface area contributed by atoms with Crippen molar-refractivity contribution in [2.24, 2.45) is 0 Å². The van der Waals surface area contributed by atoms with Gasteiger partial charge in [-0.05, 0) is 30.5 Å². The van der Waals surface area contributed by atoms with Crippen LogP contribution in [0.2, 0.25) is 0 Å². The van der Waals surface area contributed by atoms with Crippen LogP contribution in [0.5, 0.6) is 0 Å². The monoisotopic (exact) mass is 525 g/mol. The van der Waals surface area contributed by atoms with Crippen LogP contribution >= 0.6 is 0 Å². The van der Waals surface area contributed by atoms with Crippen LogP contribution < -0.4 is 10.2 Å².